The SMILES string of the molecule is CCC(=C(c1ccccc1)c1ccc(OCCN(C)O)cc1)c1ccccc1. The predicted molar refractivity (Wildman–Crippen MR) is 115 cm³/mol. The van der Waals surface area contributed by atoms with Crippen LogP contribution in [-0.2, 0) is 0 Å². The van der Waals surface area contributed by atoms with Crippen LogP contribution in [0.2, 0.25) is 0 Å². The summed E-state index contributed by atoms with van der Waals surface area (Å²) in [6.07, 6.45) is 0.940. The molecule has 3 aromatic carbocycles. The van der Waals surface area contributed by atoms with Gasteiger partial charge in [0.2, 0.25) is 0 Å². The maximum atomic E-state index is 9.22. The summed E-state index contributed by atoms with van der Waals surface area (Å²) in [5.41, 5.74) is 6.19. The predicted octanol–water partition coefficient (Wildman–Crippen LogP) is 5.76. The van der Waals surface area contributed by atoms with E-state index in [0.29, 0.717) is 13.2 Å². The fraction of sp³-hybridized carbons (Fsp3) is 0.200. The molecule has 0 fully saturated rings. The van der Waals surface area contributed by atoms with Crippen molar-refractivity contribution in [2.45, 2.75) is 13.3 Å². The first-order valence-electron chi connectivity index (χ1n) is 9.66. The lowest BCUT2D eigenvalue weighted by Crippen LogP contribution is -2.20. The first kappa shape index (κ1) is 19.9. The van der Waals surface area contributed by atoms with E-state index in [1.165, 1.54) is 27.8 Å². The monoisotopic (exact) mass is 373 g/mol. The Morgan fingerprint density at radius 3 is 1.86 bits per heavy atom. The van der Waals surface area contributed by atoms with Crippen molar-refractivity contribution in [2.75, 3.05) is 20.2 Å². The van der Waals surface area contributed by atoms with Crippen molar-refractivity contribution in [1.29, 1.82) is 0 Å². The molecule has 0 unspecified atom stereocenters. The Bertz CT molecular complexity index is 885. The van der Waals surface area contributed by atoms with Gasteiger partial charge in [-0.1, -0.05) is 79.7 Å². The highest BCUT2D eigenvalue weighted by Gasteiger charge is 2.13. The van der Waals surface area contributed by atoms with Gasteiger partial charge in [0.15, 0.2) is 0 Å². The van der Waals surface area contributed by atoms with Gasteiger partial charge < -0.3 is 9.94 Å². The van der Waals surface area contributed by atoms with Crippen LogP contribution in [0.5, 0.6) is 5.75 Å². The topological polar surface area (TPSA) is 32.7 Å². The van der Waals surface area contributed by atoms with Gasteiger partial charge >= 0.3 is 0 Å². The number of allylic oxidation sites excluding steroid dienone is 1. The van der Waals surface area contributed by atoms with E-state index in [2.05, 4.69) is 73.7 Å². The van der Waals surface area contributed by atoms with Crippen LogP contribution in [0.3, 0.4) is 0 Å². The lowest BCUT2D eigenvalue weighted by Gasteiger charge is -2.17. The van der Waals surface area contributed by atoms with Crippen LogP contribution in [0, 0.1) is 0 Å². The molecule has 0 saturated heterocycles. The molecule has 3 heteroatoms. The molecule has 0 spiro atoms. The molecule has 0 aromatic heterocycles. The number of hydrogen-bond donors (Lipinski definition) is 1. The summed E-state index contributed by atoms with van der Waals surface area (Å²) in [6.45, 7) is 3.11. The number of nitrogens with zero attached hydrogens (tertiary/aromatic N) is 1. The average Bonchev–Trinajstić information content (AvgIpc) is 2.73. The molecule has 28 heavy (non-hydrogen) atoms. The molecular weight excluding hydrogens is 346 g/mol. The van der Waals surface area contributed by atoms with Crippen molar-refractivity contribution in [2.24, 2.45) is 0 Å². The van der Waals surface area contributed by atoms with Gasteiger partial charge in [-0.25, -0.2) is 0 Å². The Kier molecular flexibility index (Phi) is 7.01. The van der Waals surface area contributed by atoms with Gasteiger partial charge in [-0.15, -0.1) is 0 Å². The molecule has 3 nitrogen and oxygen atoms in total. The molecule has 0 amide bonds. The fourth-order valence-corrected chi connectivity index (χ4v) is 3.30. The lowest BCUT2D eigenvalue weighted by molar-refractivity contribution is -0.0713. The highest BCUT2D eigenvalue weighted by atomic mass is 16.5. The minimum absolute atomic E-state index is 0.442. The second-order valence-electron chi connectivity index (χ2n) is 6.69. The molecular formula is C25H27NO2. The third-order valence-electron chi connectivity index (χ3n) is 4.67. The van der Waals surface area contributed by atoms with Gasteiger partial charge in [-0.2, -0.15) is 5.06 Å². The summed E-state index contributed by atoms with van der Waals surface area (Å²) in [6, 6.07) is 29.3. The number of likely N-dealkylation sites (N-methyl/N-ethyl adjacent to an activating group) is 1. The summed E-state index contributed by atoms with van der Waals surface area (Å²) in [5, 5.41) is 10.3. The van der Waals surface area contributed by atoms with Crippen molar-refractivity contribution >= 4 is 11.1 Å². The van der Waals surface area contributed by atoms with Crippen molar-refractivity contribution in [3.8, 4) is 5.75 Å². The maximum absolute atomic E-state index is 9.22. The van der Waals surface area contributed by atoms with E-state index in [1.54, 1.807) is 7.05 Å². The molecule has 144 valence electrons. The van der Waals surface area contributed by atoms with Crippen LogP contribution in [0.15, 0.2) is 84.9 Å². The van der Waals surface area contributed by atoms with Crippen molar-refractivity contribution in [3.05, 3.63) is 102 Å². The zero-order chi connectivity index (χ0) is 19.8. The minimum Gasteiger partial charge on any atom is -0.492 e. The zero-order valence-electron chi connectivity index (χ0n) is 16.5. The fourth-order valence-electron chi connectivity index (χ4n) is 3.30. The van der Waals surface area contributed by atoms with Gasteiger partial charge in [0.25, 0.3) is 0 Å². The second kappa shape index (κ2) is 9.88. The number of hydrogen-bond acceptors (Lipinski definition) is 3. The maximum Gasteiger partial charge on any atom is 0.119 e. The van der Waals surface area contributed by atoms with E-state index in [4.69, 9.17) is 4.74 Å². The third-order valence-corrected chi connectivity index (χ3v) is 4.67. The second-order valence-corrected chi connectivity index (χ2v) is 6.69. The number of ether oxygens (including phenoxy) is 1. The molecule has 0 saturated carbocycles. The van der Waals surface area contributed by atoms with E-state index in [0.717, 1.165) is 17.2 Å². The largest absolute Gasteiger partial charge is 0.492 e. The molecule has 0 atom stereocenters. The van der Waals surface area contributed by atoms with Crippen molar-refractivity contribution < 1.29 is 9.94 Å². The summed E-state index contributed by atoms with van der Waals surface area (Å²) in [7, 11) is 1.61. The Morgan fingerprint density at radius 1 is 0.786 bits per heavy atom. The van der Waals surface area contributed by atoms with E-state index >= 15 is 0 Å². The molecule has 0 aliphatic heterocycles. The van der Waals surface area contributed by atoms with E-state index < -0.39 is 0 Å². The summed E-state index contributed by atoms with van der Waals surface area (Å²) in [4.78, 5) is 0. The van der Waals surface area contributed by atoms with Crippen LogP contribution in [0.4, 0.5) is 0 Å². The quantitative estimate of drug-likeness (QED) is 0.403. The molecule has 0 radical (unpaired) electrons. The summed E-state index contributed by atoms with van der Waals surface area (Å²) >= 11 is 0. The van der Waals surface area contributed by atoms with Crippen LogP contribution >= 0.6 is 0 Å². The van der Waals surface area contributed by atoms with Crippen LogP contribution in [-0.4, -0.2) is 30.5 Å². The third kappa shape index (κ3) is 5.10. The lowest BCUT2D eigenvalue weighted by atomic mass is 9.88. The van der Waals surface area contributed by atoms with E-state index in [9.17, 15) is 5.21 Å². The smallest absolute Gasteiger partial charge is 0.119 e. The van der Waals surface area contributed by atoms with Gasteiger partial charge in [0.1, 0.15) is 12.4 Å². The standard InChI is InChI=1S/C25H27NO2/c1-3-24(20-10-6-4-7-11-20)25(21-12-8-5-9-13-21)22-14-16-23(17-15-22)28-19-18-26(2)27/h4-17,27H,3,18-19H2,1-2H3. The van der Waals surface area contributed by atoms with E-state index in [1.807, 2.05) is 18.2 Å². The summed E-state index contributed by atoms with van der Waals surface area (Å²) < 4.78 is 5.71. The van der Waals surface area contributed by atoms with Crippen molar-refractivity contribution in [3.63, 3.8) is 0 Å². The zero-order valence-corrected chi connectivity index (χ0v) is 16.5. The molecule has 0 aliphatic carbocycles. The number of benzene rings is 3. The Hall–Kier alpha value is -2.88. The first-order chi connectivity index (χ1) is 13.7. The van der Waals surface area contributed by atoms with E-state index in [-0.39, 0.29) is 0 Å². The first-order valence-corrected chi connectivity index (χ1v) is 9.66. The van der Waals surface area contributed by atoms with Gasteiger partial charge in [-0.05, 0) is 46.4 Å². The Balaban J connectivity index is 2.00. The molecule has 3 rings (SSSR count). The van der Waals surface area contributed by atoms with Gasteiger partial charge in [0.05, 0.1) is 6.54 Å². The van der Waals surface area contributed by atoms with Crippen LogP contribution in [0.1, 0.15) is 30.0 Å². The highest BCUT2D eigenvalue weighted by Crippen LogP contribution is 2.34. The Morgan fingerprint density at radius 2 is 1.32 bits per heavy atom. The average molecular weight is 373 g/mol. The normalized spacial score (nSPS) is 12.0. The summed E-state index contributed by atoms with van der Waals surface area (Å²) in [5.74, 6) is 0.802. The highest BCUT2D eigenvalue weighted by molar-refractivity contribution is 5.98. The van der Waals surface area contributed by atoms with Crippen LogP contribution in [0.25, 0.3) is 11.1 Å². The van der Waals surface area contributed by atoms with Crippen molar-refractivity contribution in [1.82, 2.24) is 5.06 Å². The molecule has 0 aliphatic rings. The number of rotatable bonds is 8. The molecule has 0 heterocycles. The Labute approximate surface area is 167 Å². The minimum atomic E-state index is 0.442. The molecule has 0 bridgehead atoms. The number of hydroxylamine groups is 2. The van der Waals surface area contributed by atoms with Gasteiger partial charge in [-0.3, -0.25) is 0 Å². The molecule has 3 aromatic rings. The molecule has 1 N–H and O–H groups in total. The van der Waals surface area contributed by atoms with Crippen LogP contribution < -0.4 is 4.74 Å². The van der Waals surface area contributed by atoms with Gasteiger partial charge in [0, 0.05) is 7.05 Å².